The van der Waals surface area contributed by atoms with E-state index in [1.807, 2.05) is 4.90 Å². The van der Waals surface area contributed by atoms with Crippen LogP contribution in [-0.4, -0.2) is 29.2 Å². The maximum atomic E-state index is 12.5. The Balaban J connectivity index is 2.05. The van der Waals surface area contributed by atoms with Crippen molar-refractivity contribution < 1.29 is 13.2 Å². The summed E-state index contributed by atoms with van der Waals surface area (Å²) < 4.78 is 37.6. The lowest BCUT2D eigenvalue weighted by Crippen LogP contribution is -2.39. The number of alkyl halides is 3. The van der Waals surface area contributed by atoms with Crippen LogP contribution >= 0.6 is 11.6 Å². The van der Waals surface area contributed by atoms with Crippen LogP contribution in [0.25, 0.3) is 0 Å². The summed E-state index contributed by atoms with van der Waals surface area (Å²) in [5, 5.41) is 0.128. The average molecular weight is 280 g/mol. The van der Waals surface area contributed by atoms with Crippen LogP contribution in [0.3, 0.4) is 0 Å². The Morgan fingerprint density at radius 3 is 2.39 bits per heavy atom. The van der Waals surface area contributed by atoms with Gasteiger partial charge in [0, 0.05) is 24.8 Å². The highest BCUT2D eigenvalue weighted by Gasteiger charge is 2.41. The van der Waals surface area contributed by atoms with E-state index in [1.54, 1.807) is 13.0 Å². The minimum atomic E-state index is -4.09. The number of halogens is 4. The molecule has 0 N–H and O–H groups in total. The van der Waals surface area contributed by atoms with E-state index in [0.29, 0.717) is 24.6 Å². The third kappa shape index (κ3) is 3.04. The standard InChI is InChI=1S/C11H13ClF3N3/c1-7-6-9(17-10(12)16-7)18-4-2-8(3-5-18)11(13,14)15/h6,8H,2-5H2,1H3. The van der Waals surface area contributed by atoms with E-state index in [0.717, 1.165) is 0 Å². The SMILES string of the molecule is Cc1cc(N2CCC(C(F)(F)F)CC2)nc(Cl)n1. The minimum absolute atomic E-state index is 0.101. The summed E-state index contributed by atoms with van der Waals surface area (Å²) in [6, 6.07) is 1.74. The first-order valence-electron chi connectivity index (χ1n) is 5.69. The summed E-state index contributed by atoms with van der Waals surface area (Å²) in [6.45, 7) is 2.47. The summed E-state index contributed by atoms with van der Waals surface area (Å²) in [4.78, 5) is 9.80. The van der Waals surface area contributed by atoms with Crippen LogP contribution in [0.2, 0.25) is 5.28 Å². The van der Waals surface area contributed by atoms with Crippen LogP contribution in [0.5, 0.6) is 0 Å². The largest absolute Gasteiger partial charge is 0.391 e. The normalized spacial score (nSPS) is 18.2. The molecule has 0 unspecified atom stereocenters. The number of aryl methyl sites for hydroxylation is 1. The molecule has 2 heterocycles. The smallest absolute Gasteiger partial charge is 0.356 e. The molecule has 0 saturated carbocycles. The fraction of sp³-hybridized carbons (Fsp3) is 0.636. The number of piperidine rings is 1. The zero-order chi connectivity index (χ0) is 13.3. The lowest BCUT2D eigenvalue weighted by Gasteiger charge is -2.33. The van der Waals surface area contributed by atoms with E-state index in [4.69, 9.17) is 11.6 Å². The van der Waals surface area contributed by atoms with E-state index in [2.05, 4.69) is 9.97 Å². The van der Waals surface area contributed by atoms with Crippen LogP contribution in [0.1, 0.15) is 18.5 Å². The topological polar surface area (TPSA) is 29.0 Å². The first-order chi connectivity index (χ1) is 8.36. The van der Waals surface area contributed by atoms with Crippen molar-refractivity contribution >= 4 is 17.4 Å². The van der Waals surface area contributed by atoms with Crippen molar-refractivity contribution in [3.8, 4) is 0 Å². The summed E-state index contributed by atoms with van der Waals surface area (Å²) in [6.07, 6.45) is -3.89. The number of aromatic nitrogens is 2. The number of hydrogen-bond acceptors (Lipinski definition) is 3. The molecule has 100 valence electrons. The molecule has 2 rings (SSSR count). The fourth-order valence-electron chi connectivity index (χ4n) is 2.11. The Morgan fingerprint density at radius 2 is 1.89 bits per heavy atom. The molecule has 1 aromatic heterocycles. The van der Waals surface area contributed by atoms with Gasteiger partial charge >= 0.3 is 6.18 Å². The van der Waals surface area contributed by atoms with Gasteiger partial charge < -0.3 is 4.90 Å². The average Bonchev–Trinajstić information content (AvgIpc) is 2.27. The predicted octanol–water partition coefficient (Wildman–Crippen LogP) is 3.22. The van der Waals surface area contributed by atoms with Crippen LogP contribution in [-0.2, 0) is 0 Å². The molecule has 1 saturated heterocycles. The molecule has 0 amide bonds. The van der Waals surface area contributed by atoms with Gasteiger partial charge in [-0.2, -0.15) is 13.2 Å². The molecule has 1 fully saturated rings. The van der Waals surface area contributed by atoms with Gasteiger partial charge in [0.25, 0.3) is 0 Å². The van der Waals surface area contributed by atoms with Crippen molar-refractivity contribution in [2.75, 3.05) is 18.0 Å². The molecule has 1 aliphatic heterocycles. The second-order valence-electron chi connectivity index (χ2n) is 4.44. The Kier molecular flexibility index (Phi) is 3.66. The molecule has 0 spiro atoms. The van der Waals surface area contributed by atoms with Crippen molar-refractivity contribution in [3.05, 3.63) is 17.0 Å². The highest BCUT2D eigenvalue weighted by molar-refractivity contribution is 6.28. The van der Waals surface area contributed by atoms with E-state index < -0.39 is 12.1 Å². The van der Waals surface area contributed by atoms with E-state index in [9.17, 15) is 13.2 Å². The molecule has 0 aromatic carbocycles. The number of nitrogens with zero attached hydrogens (tertiary/aromatic N) is 3. The number of hydrogen-bond donors (Lipinski definition) is 0. The van der Waals surface area contributed by atoms with Crippen LogP contribution in [0, 0.1) is 12.8 Å². The van der Waals surface area contributed by atoms with Gasteiger partial charge in [0.2, 0.25) is 5.28 Å². The van der Waals surface area contributed by atoms with Crippen LogP contribution in [0.4, 0.5) is 19.0 Å². The highest BCUT2D eigenvalue weighted by Crippen LogP contribution is 2.35. The Bertz CT molecular complexity index is 408. The third-order valence-corrected chi connectivity index (χ3v) is 3.26. The first kappa shape index (κ1) is 13.4. The van der Waals surface area contributed by atoms with Crippen LogP contribution in [0.15, 0.2) is 6.07 Å². The van der Waals surface area contributed by atoms with Gasteiger partial charge in [-0.3, -0.25) is 0 Å². The number of rotatable bonds is 1. The van der Waals surface area contributed by atoms with Crippen molar-refractivity contribution in [3.63, 3.8) is 0 Å². The van der Waals surface area contributed by atoms with Gasteiger partial charge in [0.05, 0.1) is 5.92 Å². The molecule has 0 aliphatic carbocycles. The first-order valence-corrected chi connectivity index (χ1v) is 6.07. The van der Waals surface area contributed by atoms with E-state index in [-0.39, 0.29) is 18.1 Å². The monoisotopic (exact) mass is 279 g/mol. The molecular weight excluding hydrogens is 267 g/mol. The quantitative estimate of drug-likeness (QED) is 0.739. The van der Waals surface area contributed by atoms with Crippen molar-refractivity contribution in [2.24, 2.45) is 5.92 Å². The summed E-state index contributed by atoms with van der Waals surface area (Å²) in [7, 11) is 0. The fourth-order valence-corrected chi connectivity index (χ4v) is 2.33. The van der Waals surface area contributed by atoms with Crippen molar-refractivity contribution in [1.29, 1.82) is 0 Å². The molecule has 1 aliphatic rings. The Labute approximate surface area is 108 Å². The molecule has 0 radical (unpaired) electrons. The Morgan fingerprint density at radius 1 is 1.28 bits per heavy atom. The zero-order valence-corrected chi connectivity index (χ0v) is 10.6. The van der Waals surface area contributed by atoms with Gasteiger partial charge in [-0.15, -0.1) is 0 Å². The molecular formula is C11H13ClF3N3. The van der Waals surface area contributed by atoms with Crippen molar-refractivity contribution in [2.45, 2.75) is 25.9 Å². The Hall–Kier alpha value is -1.04. The molecule has 7 heteroatoms. The molecule has 1 aromatic rings. The molecule has 0 bridgehead atoms. The van der Waals surface area contributed by atoms with Gasteiger partial charge in [0.15, 0.2) is 0 Å². The number of anilines is 1. The van der Waals surface area contributed by atoms with Crippen LogP contribution < -0.4 is 4.90 Å². The maximum Gasteiger partial charge on any atom is 0.391 e. The second-order valence-corrected chi connectivity index (χ2v) is 4.78. The lowest BCUT2D eigenvalue weighted by molar-refractivity contribution is -0.179. The predicted molar refractivity (Wildman–Crippen MR) is 62.8 cm³/mol. The highest BCUT2D eigenvalue weighted by atomic mass is 35.5. The maximum absolute atomic E-state index is 12.5. The van der Waals surface area contributed by atoms with Gasteiger partial charge in [-0.25, -0.2) is 9.97 Å². The van der Waals surface area contributed by atoms with Gasteiger partial charge in [-0.1, -0.05) is 0 Å². The minimum Gasteiger partial charge on any atom is -0.356 e. The second kappa shape index (κ2) is 4.91. The molecule has 3 nitrogen and oxygen atoms in total. The van der Waals surface area contributed by atoms with E-state index >= 15 is 0 Å². The molecule has 0 atom stereocenters. The van der Waals surface area contributed by atoms with Crippen molar-refractivity contribution in [1.82, 2.24) is 9.97 Å². The summed E-state index contributed by atoms with van der Waals surface area (Å²) >= 11 is 5.74. The van der Waals surface area contributed by atoms with Gasteiger partial charge in [-0.05, 0) is 31.4 Å². The summed E-state index contributed by atoms with van der Waals surface area (Å²) in [5.74, 6) is -0.597. The van der Waals surface area contributed by atoms with Gasteiger partial charge in [0.1, 0.15) is 5.82 Å². The third-order valence-electron chi connectivity index (χ3n) is 3.10. The summed E-state index contributed by atoms with van der Waals surface area (Å²) in [5.41, 5.74) is 0.711. The lowest BCUT2D eigenvalue weighted by atomic mass is 9.96. The zero-order valence-electron chi connectivity index (χ0n) is 9.84. The van der Waals surface area contributed by atoms with E-state index in [1.165, 1.54) is 0 Å². The molecule has 18 heavy (non-hydrogen) atoms.